The summed E-state index contributed by atoms with van der Waals surface area (Å²) < 4.78 is 42.1. The maximum Gasteiger partial charge on any atom is 0.245 e. The number of nitrogens with one attached hydrogen (secondary N) is 1. The molecule has 1 aliphatic carbocycles. The number of halogens is 4. The Morgan fingerprint density at radius 2 is 1.97 bits per heavy atom. The lowest BCUT2D eigenvalue weighted by Crippen LogP contribution is -2.61. The highest BCUT2D eigenvalue weighted by atomic mass is 35.5. The van der Waals surface area contributed by atoms with Crippen molar-refractivity contribution in [3.05, 3.63) is 58.9 Å². The Kier molecular flexibility index (Phi) is 6.14. The number of fused-ring (bicyclic) bond motifs is 3. The SMILES string of the molecule is C=CC(=O)N1CC2CC(C1)C2Oc1c(OC)cc2ncnc(Nc3ccc(Cl)c(Cl)c3F)c2c1F. The monoisotopic (exact) mass is 520 g/mol. The molecule has 2 unspecified atom stereocenters. The lowest BCUT2D eigenvalue weighted by molar-refractivity contribution is -0.142. The molecule has 0 spiro atoms. The van der Waals surface area contributed by atoms with Gasteiger partial charge in [-0.3, -0.25) is 4.79 Å². The van der Waals surface area contributed by atoms with Crippen molar-refractivity contribution in [2.75, 3.05) is 25.5 Å². The zero-order chi connectivity index (χ0) is 24.9. The second-order valence-electron chi connectivity index (χ2n) is 8.47. The first-order valence-electron chi connectivity index (χ1n) is 10.8. The Morgan fingerprint density at radius 3 is 2.66 bits per heavy atom. The number of benzene rings is 2. The van der Waals surface area contributed by atoms with Crippen LogP contribution in [0.2, 0.25) is 10.0 Å². The molecule has 3 heterocycles. The fraction of sp³-hybridized carbons (Fsp3) is 0.292. The highest BCUT2D eigenvalue weighted by Gasteiger charge is 2.49. The van der Waals surface area contributed by atoms with Gasteiger partial charge in [-0.1, -0.05) is 29.8 Å². The summed E-state index contributed by atoms with van der Waals surface area (Å²) in [5, 5.41) is 2.56. The molecule has 2 atom stereocenters. The van der Waals surface area contributed by atoms with E-state index < -0.39 is 11.6 Å². The van der Waals surface area contributed by atoms with Crippen molar-refractivity contribution in [1.82, 2.24) is 14.9 Å². The van der Waals surface area contributed by atoms with E-state index >= 15 is 4.39 Å². The average molecular weight is 521 g/mol. The minimum Gasteiger partial charge on any atom is -0.493 e. The van der Waals surface area contributed by atoms with Crippen molar-refractivity contribution >= 4 is 51.5 Å². The molecule has 1 N–H and O–H groups in total. The van der Waals surface area contributed by atoms with Gasteiger partial charge >= 0.3 is 0 Å². The largest absolute Gasteiger partial charge is 0.493 e. The van der Waals surface area contributed by atoms with Crippen LogP contribution in [0.5, 0.6) is 11.5 Å². The number of ether oxygens (including phenoxy) is 2. The van der Waals surface area contributed by atoms with Crippen molar-refractivity contribution in [1.29, 1.82) is 0 Å². The van der Waals surface area contributed by atoms with Crippen LogP contribution in [0.1, 0.15) is 6.42 Å². The van der Waals surface area contributed by atoms with Crippen molar-refractivity contribution in [2.24, 2.45) is 11.8 Å². The standard InChI is InChI=1S/C24H20Cl2F2N4O3/c1-3-17(33)32-8-11-6-12(9-32)22(11)35-23-16(34-2)7-15-18(21(23)28)24(30-10-29-15)31-14-5-4-13(25)19(26)20(14)27/h3-5,7,10-12,22H,1,6,8-9H2,2H3,(H,29,30,31). The fourth-order valence-corrected chi connectivity index (χ4v) is 5.03. The predicted octanol–water partition coefficient (Wildman–Crippen LogP) is 5.38. The van der Waals surface area contributed by atoms with Gasteiger partial charge in [-0.2, -0.15) is 0 Å². The van der Waals surface area contributed by atoms with E-state index in [1.165, 1.54) is 37.7 Å². The number of amides is 1. The third-order valence-electron chi connectivity index (χ3n) is 6.48. The van der Waals surface area contributed by atoms with Gasteiger partial charge in [-0.15, -0.1) is 0 Å². The Balaban J connectivity index is 1.50. The molecule has 0 radical (unpaired) electrons. The number of piperidine rings is 2. The molecule has 1 amide bonds. The number of nitrogens with zero attached hydrogens (tertiary/aromatic N) is 3. The number of methoxy groups -OCH3 is 1. The molecular formula is C24H20Cl2F2N4O3. The van der Waals surface area contributed by atoms with E-state index in [1.54, 1.807) is 4.90 Å². The maximum atomic E-state index is 15.9. The van der Waals surface area contributed by atoms with Crippen LogP contribution < -0.4 is 14.8 Å². The van der Waals surface area contributed by atoms with Gasteiger partial charge in [0.15, 0.2) is 23.1 Å². The summed E-state index contributed by atoms with van der Waals surface area (Å²) in [6, 6.07) is 4.33. The highest BCUT2D eigenvalue weighted by Crippen LogP contribution is 2.46. The minimum absolute atomic E-state index is 0.00159. The number of hydrogen-bond acceptors (Lipinski definition) is 6. The third kappa shape index (κ3) is 4.02. The molecule has 7 nitrogen and oxygen atoms in total. The van der Waals surface area contributed by atoms with E-state index in [1.807, 2.05) is 0 Å². The Hall–Kier alpha value is -3.17. The summed E-state index contributed by atoms with van der Waals surface area (Å²) in [5.74, 6) is -1.44. The van der Waals surface area contributed by atoms with Gasteiger partial charge in [-0.05, 0) is 24.6 Å². The van der Waals surface area contributed by atoms with E-state index in [0.717, 1.165) is 6.42 Å². The number of carbonyl (C=O) groups is 1. The number of hydrogen-bond donors (Lipinski definition) is 1. The number of anilines is 2. The topological polar surface area (TPSA) is 76.6 Å². The van der Waals surface area contributed by atoms with Gasteiger partial charge in [0.25, 0.3) is 0 Å². The number of rotatable bonds is 6. The molecule has 3 fully saturated rings. The molecule has 3 aliphatic rings. The van der Waals surface area contributed by atoms with Crippen LogP contribution in [0.25, 0.3) is 10.9 Å². The molecule has 2 bridgehead atoms. The lowest BCUT2D eigenvalue weighted by Gasteiger charge is -2.52. The van der Waals surface area contributed by atoms with Crippen LogP contribution in [-0.2, 0) is 4.79 Å². The predicted molar refractivity (Wildman–Crippen MR) is 129 cm³/mol. The molecule has 1 aromatic heterocycles. The molecule has 1 saturated carbocycles. The van der Waals surface area contributed by atoms with Crippen LogP contribution in [-0.4, -0.2) is 47.1 Å². The smallest absolute Gasteiger partial charge is 0.245 e. The second-order valence-corrected chi connectivity index (χ2v) is 9.26. The van der Waals surface area contributed by atoms with Gasteiger partial charge in [0.1, 0.15) is 18.2 Å². The molecule has 3 aromatic rings. The molecule has 2 saturated heterocycles. The molecule has 2 aromatic carbocycles. The quantitative estimate of drug-likeness (QED) is 0.347. The summed E-state index contributed by atoms with van der Waals surface area (Å²) in [6.07, 6.45) is 3.12. The van der Waals surface area contributed by atoms with Crippen LogP contribution >= 0.6 is 23.2 Å². The zero-order valence-corrected chi connectivity index (χ0v) is 20.0. The Morgan fingerprint density at radius 1 is 1.23 bits per heavy atom. The van der Waals surface area contributed by atoms with Crippen LogP contribution in [0, 0.1) is 23.5 Å². The fourth-order valence-electron chi connectivity index (χ4n) is 4.72. The molecule has 182 valence electrons. The average Bonchev–Trinajstić information content (AvgIpc) is 2.87. The number of carbonyl (C=O) groups excluding carboxylic acids is 1. The lowest BCUT2D eigenvalue weighted by atomic mass is 9.68. The van der Waals surface area contributed by atoms with E-state index in [9.17, 15) is 9.18 Å². The van der Waals surface area contributed by atoms with Crippen molar-refractivity contribution in [2.45, 2.75) is 12.5 Å². The van der Waals surface area contributed by atoms with Crippen molar-refractivity contribution < 1.29 is 23.0 Å². The summed E-state index contributed by atoms with van der Waals surface area (Å²) >= 11 is 11.8. The van der Waals surface area contributed by atoms with Gasteiger partial charge in [0.2, 0.25) is 5.91 Å². The molecule has 11 heteroatoms. The summed E-state index contributed by atoms with van der Waals surface area (Å²) in [5.41, 5.74) is 0.207. The van der Waals surface area contributed by atoms with Gasteiger partial charge in [0.05, 0.1) is 33.7 Å². The second kappa shape index (κ2) is 9.13. The summed E-state index contributed by atoms with van der Waals surface area (Å²) in [6.45, 7) is 4.55. The van der Waals surface area contributed by atoms with Crippen LogP contribution in [0.3, 0.4) is 0 Å². The molecular weight excluding hydrogens is 501 g/mol. The minimum atomic E-state index is -0.794. The van der Waals surface area contributed by atoms with E-state index in [2.05, 4.69) is 21.9 Å². The van der Waals surface area contributed by atoms with Crippen LogP contribution in [0.15, 0.2) is 37.2 Å². The summed E-state index contributed by atoms with van der Waals surface area (Å²) in [7, 11) is 1.41. The Bertz CT molecular complexity index is 1340. The Labute approximate surface area is 209 Å². The van der Waals surface area contributed by atoms with Gasteiger partial charge in [0, 0.05) is 31.0 Å². The normalized spacial score (nSPS) is 20.8. The van der Waals surface area contributed by atoms with Crippen LogP contribution in [0.4, 0.5) is 20.3 Å². The first-order chi connectivity index (χ1) is 16.8. The van der Waals surface area contributed by atoms with Crippen molar-refractivity contribution in [3.8, 4) is 11.5 Å². The molecule has 35 heavy (non-hydrogen) atoms. The van der Waals surface area contributed by atoms with Gasteiger partial charge in [-0.25, -0.2) is 18.7 Å². The molecule has 6 rings (SSSR count). The number of aromatic nitrogens is 2. The van der Waals surface area contributed by atoms with E-state index in [4.69, 9.17) is 32.7 Å². The summed E-state index contributed by atoms with van der Waals surface area (Å²) in [4.78, 5) is 21.9. The van der Waals surface area contributed by atoms with Crippen molar-refractivity contribution in [3.63, 3.8) is 0 Å². The van der Waals surface area contributed by atoms with E-state index in [0.29, 0.717) is 13.1 Å². The van der Waals surface area contributed by atoms with E-state index in [-0.39, 0.29) is 67.8 Å². The molecule has 2 aliphatic heterocycles. The first-order valence-corrected chi connectivity index (χ1v) is 11.6. The maximum absolute atomic E-state index is 15.9. The first kappa shape index (κ1) is 23.6. The van der Waals surface area contributed by atoms with Gasteiger partial charge < -0.3 is 19.7 Å². The highest BCUT2D eigenvalue weighted by molar-refractivity contribution is 6.42. The zero-order valence-electron chi connectivity index (χ0n) is 18.5. The third-order valence-corrected chi connectivity index (χ3v) is 7.26.